The Morgan fingerprint density at radius 3 is 2.67 bits per heavy atom. The Labute approximate surface area is 107 Å². The molecule has 3 N–H and O–H groups in total. The van der Waals surface area contributed by atoms with Crippen LogP contribution in [0.5, 0.6) is 5.75 Å². The van der Waals surface area contributed by atoms with Crippen molar-refractivity contribution in [2.24, 2.45) is 5.73 Å². The SMILES string of the molecule is NCC(=Cc1ccc(OC(F)F)c(Cl)c1)C(=O)O. The van der Waals surface area contributed by atoms with Crippen LogP contribution in [0.3, 0.4) is 0 Å². The lowest BCUT2D eigenvalue weighted by atomic mass is 10.1. The zero-order chi connectivity index (χ0) is 13.7. The molecule has 0 spiro atoms. The summed E-state index contributed by atoms with van der Waals surface area (Å²) in [5.41, 5.74) is 5.66. The second-order valence-electron chi connectivity index (χ2n) is 3.25. The van der Waals surface area contributed by atoms with Crippen LogP contribution in [-0.4, -0.2) is 24.2 Å². The number of nitrogens with two attached hydrogens (primary N) is 1. The molecule has 0 aromatic heterocycles. The Hall–Kier alpha value is -1.66. The van der Waals surface area contributed by atoms with E-state index in [1.807, 2.05) is 0 Å². The summed E-state index contributed by atoms with van der Waals surface area (Å²) in [6.45, 7) is -3.12. The fourth-order valence-electron chi connectivity index (χ4n) is 1.21. The lowest BCUT2D eigenvalue weighted by molar-refractivity contribution is -0.132. The lowest BCUT2D eigenvalue weighted by Crippen LogP contribution is -2.11. The molecule has 0 aliphatic heterocycles. The van der Waals surface area contributed by atoms with Crippen molar-refractivity contribution in [3.8, 4) is 5.75 Å². The molecular weight excluding hydrogens is 268 g/mol. The summed E-state index contributed by atoms with van der Waals surface area (Å²) in [5, 5.41) is 8.74. The Kier molecular flexibility index (Phi) is 5.06. The number of hydrogen-bond acceptors (Lipinski definition) is 3. The van der Waals surface area contributed by atoms with Gasteiger partial charge < -0.3 is 15.6 Å². The van der Waals surface area contributed by atoms with Gasteiger partial charge in [0.1, 0.15) is 5.75 Å². The molecule has 0 unspecified atom stereocenters. The molecule has 98 valence electrons. The van der Waals surface area contributed by atoms with Crippen LogP contribution in [0, 0.1) is 0 Å². The van der Waals surface area contributed by atoms with E-state index in [0.717, 1.165) is 0 Å². The number of benzene rings is 1. The highest BCUT2D eigenvalue weighted by Gasteiger charge is 2.10. The average Bonchev–Trinajstić information content (AvgIpc) is 2.28. The summed E-state index contributed by atoms with van der Waals surface area (Å²) in [6, 6.07) is 3.95. The number of halogens is 3. The molecule has 0 radical (unpaired) electrons. The minimum absolute atomic E-state index is 0.0198. The van der Waals surface area contributed by atoms with Crippen LogP contribution in [0.4, 0.5) is 8.78 Å². The Morgan fingerprint density at radius 2 is 2.22 bits per heavy atom. The van der Waals surface area contributed by atoms with Gasteiger partial charge >= 0.3 is 12.6 Å². The standard InChI is InChI=1S/C11H10ClF2NO3/c12-8-4-6(3-7(5-15)10(16)17)1-2-9(8)18-11(13)14/h1-4,11H,5,15H2,(H,16,17). The van der Waals surface area contributed by atoms with Gasteiger partial charge in [-0.3, -0.25) is 0 Å². The molecule has 0 aliphatic rings. The number of carboxylic acid groups (broad SMARTS) is 1. The third kappa shape index (κ3) is 3.97. The molecule has 0 fully saturated rings. The largest absolute Gasteiger partial charge is 0.478 e. The summed E-state index contributed by atoms with van der Waals surface area (Å²) in [5.74, 6) is -1.32. The molecule has 0 heterocycles. The van der Waals surface area contributed by atoms with E-state index in [0.29, 0.717) is 5.56 Å². The highest BCUT2D eigenvalue weighted by atomic mass is 35.5. The molecular formula is C11H10ClF2NO3. The number of hydrogen-bond donors (Lipinski definition) is 2. The first-order valence-corrected chi connectivity index (χ1v) is 5.20. The molecule has 1 aromatic rings. The van der Waals surface area contributed by atoms with E-state index in [1.165, 1.54) is 24.3 Å². The molecule has 1 rings (SSSR count). The minimum Gasteiger partial charge on any atom is -0.478 e. The maximum absolute atomic E-state index is 12.0. The predicted molar refractivity (Wildman–Crippen MR) is 62.8 cm³/mol. The number of rotatable bonds is 5. The Bertz CT molecular complexity index is 477. The van der Waals surface area contributed by atoms with Crippen molar-refractivity contribution in [2.75, 3.05) is 6.54 Å². The molecule has 0 saturated carbocycles. The average molecular weight is 278 g/mol. The van der Waals surface area contributed by atoms with Crippen molar-refractivity contribution in [3.05, 3.63) is 34.4 Å². The van der Waals surface area contributed by atoms with E-state index < -0.39 is 12.6 Å². The first-order chi connectivity index (χ1) is 8.43. The molecule has 7 heteroatoms. The van der Waals surface area contributed by atoms with Gasteiger partial charge in [0.2, 0.25) is 0 Å². The van der Waals surface area contributed by atoms with Gasteiger partial charge in [-0.05, 0) is 23.8 Å². The van der Waals surface area contributed by atoms with Gasteiger partial charge in [0, 0.05) is 6.54 Å². The maximum Gasteiger partial charge on any atom is 0.387 e. The third-order valence-corrected chi connectivity index (χ3v) is 2.30. The van der Waals surface area contributed by atoms with Crippen LogP contribution >= 0.6 is 11.6 Å². The molecule has 0 aliphatic carbocycles. The minimum atomic E-state index is -2.97. The maximum atomic E-state index is 12.0. The summed E-state index contributed by atoms with van der Waals surface area (Å²) in [7, 11) is 0. The van der Waals surface area contributed by atoms with Crippen molar-refractivity contribution in [3.63, 3.8) is 0 Å². The summed E-state index contributed by atoms with van der Waals surface area (Å²) >= 11 is 5.71. The third-order valence-electron chi connectivity index (χ3n) is 2.01. The van der Waals surface area contributed by atoms with E-state index in [2.05, 4.69) is 4.74 Å². The Balaban J connectivity index is 3.00. The van der Waals surface area contributed by atoms with Crippen molar-refractivity contribution in [2.45, 2.75) is 6.61 Å². The molecule has 0 saturated heterocycles. The second-order valence-corrected chi connectivity index (χ2v) is 3.65. The second kappa shape index (κ2) is 6.32. The molecule has 1 aromatic carbocycles. The fourth-order valence-corrected chi connectivity index (χ4v) is 1.44. The van der Waals surface area contributed by atoms with Crippen LogP contribution in [0.25, 0.3) is 6.08 Å². The Morgan fingerprint density at radius 1 is 1.56 bits per heavy atom. The van der Waals surface area contributed by atoms with E-state index in [4.69, 9.17) is 22.4 Å². The van der Waals surface area contributed by atoms with Gasteiger partial charge in [0.15, 0.2) is 0 Å². The van der Waals surface area contributed by atoms with Gasteiger partial charge in [-0.25, -0.2) is 4.79 Å². The fraction of sp³-hybridized carbons (Fsp3) is 0.182. The van der Waals surface area contributed by atoms with Crippen LogP contribution in [0.1, 0.15) is 5.56 Å². The first kappa shape index (κ1) is 14.4. The van der Waals surface area contributed by atoms with Gasteiger partial charge in [-0.15, -0.1) is 0 Å². The molecule has 18 heavy (non-hydrogen) atoms. The molecule has 0 amide bonds. The van der Waals surface area contributed by atoms with Crippen LogP contribution in [0.15, 0.2) is 23.8 Å². The molecule has 0 bridgehead atoms. The normalized spacial score (nSPS) is 11.7. The number of carboxylic acids is 1. The number of aliphatic carboxylic acids is 1. The van der Waals surface area contributed by atoms with Crippen molar-refractivity contribution < 1.29 is 23.4 Å². The predicted octanol–water partition coefficient (Wildman–Crippen LogP) is 2.37. The van der Waals surface area contributed by atoms with E-state index in [-0.39, 0.29) is 22.9 Å². The van der Waals surface area contributed by atoms with Crippen molar-refractivity contribution in [1.82, 2.24) is 0 Å². The number of alkyl halides is 2. The summed E-state index contributed by atoms with van der Waals surface area (Å²) in [6.07, 6.45) is 1.31. The van der Waals surface area contributed by atoms with Crippen LogP contribution < -0.4 is 10.5 Å². The zero-order valence-corrected chi connectivity index (χ0v) is 9.82. The summed E-state index contributed by atoms with van der Waals surface area (Å²) in [4.78, 5) is 10.7. The van der Waals surface area contributed by atoms with E-state index in [9.17, 15) is 13.6 Å². The number of carbonyl (C=O) groups is 1. The lowest BCUT2D eigenvalue weighted by Gasteiger charge is -2.07. The van der Waals surface area contributed by atoms with Gasteiger partial charge in [0.05, 0.1) is 10.6 Å². The quantitative estimate of drug-likeness (QED) is 0.811. The smallest absolute Gasteiger partial charge is 0.387 e. The summed E-state index contributed by atoms with van der Waals surface area (Å²) < 4.78 is 28.1. The highest BCUT2D eigenvalue weighted by Crippen LogP contribution is 2.27. The molecule has 4 nitrogen and oxygen atoms in total. The van der Waals surface area contributed by atoms with Gasteiger partial charge in [0.25, 0.3) is 0 Å². The highest BCUT2D eigenvalue weighted by molar-refractivity contribution is 6.32. The van der Waals surface area contributed by atoms with Crippen molar-refractivity contribution in [1.29, 1.82) is 0 Å². The monoisotopic (exact) mass is 277 g/mol. The molecule has 0 atom stereocenters. The van der Waals surface area contributed by atoms with Crippen molar-refractivity contribution >= 4 is 23.6 Å². The van der Waals surface area contributed by atoms with E-state index in [1.54, 1.807) is 0 Å². The van der Waals surface area contributed by atoms with Gasteiger partial charge in [-0.2, -0.15) is 8.78 Å². The zero-order valence-electron chi connectivity index (χ0n) is 9.07. The number of ether oxygens (including phenoxy) is 1. The van der Waals surface area contributed by atoms with Crippen LogP contribution in [0.2, 0.25) is 5.02 Å². The first-order valence-electron chi connectivity index (χ1n) is 4.82. The topological polar surface area (TPSA) is 72.5 Å². The van der Waals surface area contributed by atoms with Gasteiger partial charge in [-0.1, -0.05) is 17.7 Å². The van der Waals surface area contributed by atoms with E-state index >= 15 is 0 Å². The van der Waals surface area contributed by atoms with Crippen LogP contribution in [-0.2, 0) is 4.79 Å².